The largest absolute Gasteiger partial charge is 0.482 e. The number of nitrogens with zero attached hydrogens (tertiary/aromatic N) is 2. The van der Waals surface area contributed by atoms with Crippen LogP contribution in [-0.4, -0.2) is 17.5 Å². The number of benzene rings is 2. The van der Waals surface area contributed by atoms with Crippen LogP contribution in [0.15, 0.2) is 47.8 Å². The molecule has 0 atom stereocenters. The van der Waals surface area contributed by atoms with Crippen LogP contribution in [0.25, 0.3) is 11.3 Å². The molecule has 1 heterocycles. The quantitative estimate of drug-likeness (QED) is 0.733. The summed E-state index contributed by atoms with van der Waals surface area (Å²) in [5.41, 5.74) is 4.62. The number of nitrogens with one attached hydrogen (secondary N) is 1. The zero-order valence-electron chi connectivity index (χ0n) is 14.4. The number of ether oxygens (including phenoxy) is 1. The molecule has 5 nitrogen and oxygen atoms in total. The summed E-state index contributed by atoms with van der Waals surface area (Å²) in [5, 5.41) is 14.2. The highest BCUT2D eigenvalue weighted by Crippen LogP contribution is 2.28. The maximum atomic E-state index is 12.1. The minimum absolute atomic E-state index is 0.183. The number of rotatable bonds is 5. The highest BCUT2D eigenvalue weighted by molar-refractivity contribution is 7.14. The number of thiazole rings is 1. The SMILES string of the molecule is Cc1ccc(-c2csc(NC(=O)COc3ccccc3C#N)n2)c(C)c1. The zero-order chi connectivity index (χ0) is 18.5. The van der Waals surface area contributed by atoms with Gasteiger partial charge in [0, 0.05) is 10.9 Å². The molecule has 0 radical (unpaired) electrons. The van der Waals surface area contributed by atoms with E-state index >= 15 is 0 Å². The van der Waals surface area contributed by atoms with Crippen molar-refractivity contribution in [1.82, 2.24) is 4.98 Å². The van der Waals surface area contributed by atoms with Gasteiger partial charge in [-0.1, -0.05) is 35.9 Å². The lowest BCUT2D eigenvalue weighted by atomic mass is 10.0. The Morgan fingerprint density at radius 1 is 1.27 bits per heavy atom. The number of carbonyl (C=O) groups excluding carboxylic acids is 1. The van der Waals surface area contributed by atoms with Gasteiger partial charge in [-0.15, -0.1) is 11.3 Å². The van der Waals surface area contributed by atoms with E-state index in [0.29, 0.717) is 16.4 Å². The van der Waals surface area contributed by atoms with E-state index in [4.69, 9.17) is 10.00 Å². The second-order valence-corrected chi connectivity index (χ2v) is 6.66. The molecular weight excluding hydrogens is 346 g/mol. The van der Waals surface area contributed by atoms with Gasteiger partial charge in [-0.2, -0.15) is 5.26 Å². The van der Waals surface area contributed by atoms with Crippen molar-refractivity contribution in [2.24, 2.45) is 0 Å². The van der Waals surface area contributed by atoms with Crippen molar-refractivity contribution >= 4 is 22.4 Å². The van der Waals surface area contributed by atoms with Crippen LogP contribution in [0.3, 0.4) is 0 Å². The Morgan fingerprint density at radius 3 is 2.85 bits per heavy atom. The van der Waals surface area contributed by atoms with Gasteiger partial charge in [-0.3, -0.25) is 10.1 Å². The molecule has 26 heavy (non-hydrogen) atoms. The molecule has 1 N–H and O–H groups in total. The number of nitriles is 1. The third kappa shape index (κ3) is 4.08. The fourth-order valence-corrected chi connectivity index (χ4v) is 3.27. The summed E-state index contributed by atoms with van der Waals surface area (Å²) in [5.74, 6) is 0.0690. The summed E-state index contributed by atoms with van der Waals surface area (Å²) in [4.78, 5) is 16.6. The molecule has 6 heteroatoms. The van der Waals surface area contributed by atoms with E-state index in [2.05, 4.69) is 16.4 Å². The lowest BCUT2D eigenvalue weighted by molar-refractivity contribution is -0.118. The number of carbonyl (C=O) groups is 1. The normalized spacial score (nSPS) is 10.2. The lowest BCUT2D eigenvalue weighted by Crippen LogP contribution is -2.20. The number of hydrogen-bond acceptors (Lipinski definition) is 5. The molecule has 1 aromatic heterocycles. The molecular formula is C20H17N3O2S. The standard InChI is InChI=1S/C20H17N3O2S/c1-13-7-8-16(14(2)9-13)17-12-26-20(22-17)23-19(24)11-25-18-6-4-3-5-15(18)10-21/h3-9,12H,11H2,1-2H3,(H,22,23,24). The Kier molecular flexibility index (Phi) is 5.30. The first-order chi connectivity index (χ1) is 12.6. The van der Waals surface area contributed by atoms with Crippen LogP contribution in [0, 0.1) is 25.2 Å². The van der Waals surface area contributed by atoms with Crippen LogP contribution in [0.1, 0.15) is 16.7 Å². The average molecular weight is 363 g/mol. The van der Waals surface area contributed by atoms with Gasteiger partial charge in [0.25, 0.3) is 5.91 Å². The predicted octanol–water partition coefficient (Wildman–Crippen LogP) is 4.32. The summed E-state index contributed by atoms with van der Waals surface area (Å²) in [6, 6.07) is 15.0. The summed E-state index contributed by atoms with van der Waals surface area (Å²) in [7, 11) is 0. The molecule has 1 amide bonds. The zero-order valence-corrected chi connectivity index (χ0v) is 15.3. The second-order valence-electron chi connectivity index (χ2n) is 5.80. The van der Waals surface area contributed by atoms with Gasteiger partial charge >= 0.3 is 0 Å². The Morgan fingerprint density at radius 2 is 2.08 bits per heavy atom. The van der Waals surface area contributed by atoms with Gasteiger partial charge in [-0.05, 0) is 31.5 Å². The minimum Gasteiger partial charge on any atom is -0.482 e. The van der Waals surface area contributed by atoms with Gasteiger partial charge in [0.1, 0.15) is 11.8 Å². The molecule has 0 unspecified atom stereocenters. The van der Waals surface area contributed by atoms with Crippen molar-refractivity contribution in [3.63, 3.8) is 0 Å². The molecule has 0 aliphatic carbocycles. The molecule has 3 rings (SSSR count). The van der Waals surface area contributed by atoms with Crippen LogP contribution < -0.4 is 10.1 Å². The van der Waals surface area contributed by atoms with Crippen molar-refractivity contribution in [1.29, 1.82) is 5.26 Å². The van der Waals surface area contributed by atoms with E-state index in [0.717, 1.165) is 16.8 Å². The van der Waals surface area contributed by atoms with Crippen LogP contribution >= 0.6 is 11.3 Å². The minimum atomic E-state index is -0.320. The van der Waals surface area contributed by atoms with Gasteiger partial charge in [0.15, 0.2) is 11.7 Å². The predicted molar refractivity (Wildman–Crippen MR) is 102 cm³/mol. The molecule has 130 valence electrons. The number of anilines is 1. The molecule has 0 aliphatic heterocycles. The Balaban J connectivity index is 1.64. The Hall–Kier alpha value is -3.17. The number of aromatic nitrogens is 1. The van der Waals surface area contributed by atoms with Crippen molar-refractivity contribution in [3.05, 3.63) is 64.5 Å². The highest BCUT2D eigenvalue weighted by atomic mass is 32.1. The number of hydrogen-bond donors (Lipinski definition) is 1. The molecule has 0 saturated heterocycles. The van der Waals surface area contributed by atoms with Gasteiger partial charge < -0.3 is 4.74 Å². The monoisotopic (exact) mass is 363 g/mol. The first kappa shape index (κ1) is 17.6. The molecule has 0 spiro atoms. The first-order valence-electron chi connectivity index (χ1n) is 8.02. The van der Waals surface area contributed by atoms with Gasteiger partial charge in [-0.25, -0.2) is 4.98 Å². The Labute approximate surface area is 155 Å². The fraction of sp³-hybridized carbons (Fsp3) is 0.150. The fourth-order valence-electron chi connectivity index (χ4n) is 2.54. The smallest absolute Gasteiger partial charge is 0.264 e. The molecule has 0 fully saturated rings. The van der Waals surface area contributed by atoms with Crippen molar-refractivity contribution in [2.75, 3.05) is 11.9 Å². The van der Waals surface area contributed by atoms with E-state index in [-0.39, 0.29) is 12.5 Å². The third-order valence-corrected chi connectivity index (χ3v) is 4.53. The van der Waals surface area contributed by atoms with E-state index in [9.17, 15) is 4.79 Å². The van der Waals surface area contributed by atoms with E-state index in [1.807, 2.05) is 37.4 Å². The summed E-state index contributed by atoms with van der Waals surface area (Å²) in [6.07, 6.45) is 0. The Bertz CT molecular complexity index is 989. The van der Waals surface area contributed by atoms with Crippen LogP contribution in [0.2, 0.25) is 0 Å². The molecule has 3 aromatic rings. The van der Waals surface area contributed by atoms with E-state index < -0.39 is 0 Å². The maximum absolute atomic E-state index is 12.1. The van der Waals surface area contributed by atoms with Gasteiger partial charge in [0.2, 0.25) is 0 Å². The maximum Gasteiger partial charge on any atom is 0.264 e. The number of para-hydroxylation sites is 1. The summed E-state index contributed by atoms with van der Waals surface area (Å²) >= 11 is 1.36. The van der Waals surface area contributed by atoms with Crippen molar-refractivity contribution < 1.29 is 9.53 Å². The van der Waals surface area contributed by atoms with E-state index in [1.165, 1.54) is 16.9 Å². The first-order valence-corrected chi connectivity index (χ1v) is 8.89. The second kappa shape index (κ2) is 7.81. The molecule has 0 bridgehead atoms. The topological polar surface area (TPSA) is 75.0 Å². The number of amides is 1. The van der Waals surface area contributed by atoms with Crippen LogP contribution in [-0.2, 0) is 4.79 Å². The van der Waals surface area contributed by atoms with Gasteiger partial charge in [0.05, 0.1) is 11.3 Å². The summed E-state index contributed by atoms with van der Waals surface area (Å²) < 4.78 is 5.43. The van der Waals surface area contributed by atoms with Crippen LogP contribution in [0.4, 0.5) is 5.13 Å². The average Bonchev–Trinajstić information content (AvgIpc) is 3.08. The molecule has 2 aromatic carbocycles. The number of aryl methyl sites for hydroxylation is 2. The molecule has 0 aliphatic rings. The highest BCUT2D eigenvalue weighted by Gasteiger charge is 2.11. The third-order valence-electron chi connectivity index (χ3n) is 3.77. The van der Waals surface area contributed by atoms with Crippen LogP contribution in [0.5, 0.6) is 5.75 Å². The molecule has 0 saturated carbocycles. The lowest BCUT2D eigenvalue weighted by Gasteiger charge is -2.07. The summed E-state index contributed by atoms with van der Waals surface area (Å²) in [6.45, 7) is 3.91. The van der Waals surface area contributed by atoms with Crippen molar-refractivity contribution in [3.8, 4) is 23.1 Å². The van der Waals surface area contributed by atoms with Crippen molar-refractivity contribution in [2.45, 2.75) is 13.8 Å². The van der Waals surface area contributed by atoms with E-state index in [1.54, 1.807) is 24.3 Å².